The molecule has 2 rings (SSSR count). The molecule has 0 heterocycles. The molecule has 0 unspecified atom stereocenters. The first-order chi connectivity index (χ1) is 7.27. The molecule has 2 aromatic carbocycles. The second kappa shape index (κ2) is 4.86. The van der Waals surface area contributed by atoms with Gasteiger partial charge in [-0.1, -0.05) is 42.1 Å². The largest absolute Gasteiger partial charge is 0.0886 e. The van der Waals surface area contributed by atoms with Crippen LogP contribution >= 0.6 is 27.7 Å². The van der Waals surface area contributed by atoms with Crippen molar-refractivity contribution >= 4 is 27.7 Å². The molecule has 0 saturated carbocycles. The number of benzene rings is 2. The summed E-state index contributed by atoms with van der Waals surface area (Å²) in [7, 11) is 0. The monoisotopic (exact) mass is 278 g/mol. The number of hydrogen-bond donors (Lipinski definition) is 0. The number of rotatable bonds is 2. The van der Waals surface area contributed by atoms with Gasteiger partial charge in [-0.05, 0) is 46.6 Å². The molecule has 15 heavy (non-hydrogen) atoms. The number of halogens is 1. The average molecular weight is 279 g/mol. The van der Waals surface area contributed by atoms with Crippen LogP contribution in [0.15, 0.2) is 62.8 Å². The molecule has 0 bridgehead atoms. The predicted molar refractivity (Wildman–Crippen MR) is 69.4 cm³/mol. The van der Waals surface area contributed by atoms with E-state index in [1.165, 1.54) is 15.4 Å². The molecule has 2 heteroatoms. The highest BCUT2D eigenvalue weighted by molar-refractivity contribution is 9.10. The summed E-state index contributed by atoms with van der Waals surface area (Å²) in [5, 5.41) is 0. The van der Waals surface area contributed by atoms with Crippen molar-refractivity contribution in [3.05, 3.63) is 58.6 Å². The third-order valence-electron chi connectivity index (χ3n) is 2.15. The van der Waals surface area contributed by atoms with Crippen LogP contribution in [0.1, 0.15) is 5.56 Å². The van der Waals surface area contributed by atoms with Crippen molar-refractivity contribution in [2.24, 2.45) is 0 Å². The number of hydrogen-bond acceptors (Lipinski definition) is 1. The molecule has 76 valence electrons. The molecule has 0 aromatic heterocycles. The van der Waals surface area contributed by atoms with Crippen molar-refractivity contribution in [1.29, 1.82) is 0 Å². The Hall–Kier alpha value is -0.730. The van der Waals surface area contributed by atoms with E-state index in [2.05, 4.69) is 65.3 Å². The Balaban J connectivity index is 2.30. The topological polar surface area (TPSA) is 0 Å². The first kappa shape index (κ1) is 10.8. The Bertz CT molecular complexity index is 422. The summed E-state index contributed by atoms with van der Waals surface area (Å²) < 4.78 is 1.15. The van der Waals surface area contributed by atoms with Crippen molar-refractivity contribution in [2.75, 3.05) is 0 Å². The standard InChI is InChI=1S/C13H11BrS/c1-10-6-2-4-8-12(10)15-13-9-5-3-7-11(13)14/h2-9H,1H3. The van der Waals surface area contributed by atoms with Crippen LogP contribution in [0.3, 0.4) is 0 Å². The van der Waals surface area contributed by atoms with Gasteiger partial charge in [-0.15, -0.1) is 0 Å². The van der Waals surface area contributed by atoms with Gasteiger partial charge in [-0.3, -0.25) is 0 Å². The third-order valence-corrected chi connectivity index (χ3v) is 4.36. The van der Waals surface area contributed by atoms with Crippen LogP contribution in [0.25, 0.3) is 0 Å². The highest BCUT2D eigenvalue weighted by Gasteiger charge is 2.02. The molecular weight excluding hydrogens is 268 g/mol. The molecular formula is C13H11BrS. The van der Waals surface area contributed by atoms with Gasteiger partial charge in [0.05, 0.1) is 0 Å². The van der Waals surface area contributed by atoms with Gasteiger partial charge in [0.2, 0.25) is 0 Å². The summed E-state index contributed by atoms with van der Waals surface area (Å²) in [6.45, 7) is 2.14. The van der Waals surface area contributed by atoms with Gasteiger partial charge >= 0.3 is 0 Å². The fourth-order valence-corrected chi connectivity index (χ4v) is 2.77. The van der Waals surface area contributed by atoms with Gasteiger partial charge in [0.1, 0.15) is 0 Å². The van der Waals surface area contributed by atoms with E-state index in [1.807, 2.05) is 6.07 Å². The lowest BCUT2D eigenvalue weighted by molar-refractivity contribution is 1.29. The van der Waals surface area contributed by atoms with Crippen LogP contribution in [-0.2, 0) is 0 Å². The Morgan fingerprint density at radius 3 is 2.13 bits per heavy atom. The highest BCUT2D eigenvalue weighted by Crippen LogP contribution is 2.34. The predicted octanol–water partition coefficient (Wildman–Crippen LogP) is 4.91. The molecule has 0 atom stereocenters. The van der Waals surface area contributed by atoms with Crippen molar-refractivity contribution in [2.45, 2.75) is 16.7 Å². The molecule has 0 amide bonds. The Kier molecular flexibility index (Phi) is 3.49. The van der Waals surface area contributed by atoms with Gasteiger partial charge in [0.15, 0.2) is 0 Å². The molecule has 0 aliphatic rings. The second-order valence-corrected chi connectivity index (χ2v) is 5.24. The molecule has 0 nitrogen and oxygen atoms in total. The Labute approximate surface area is 103 Å². The van der Waals surface area contributed by atoms with Gasteiger partial charge in [0, 0.05) is 14.3 Å². The zero-order valence-electron chi connectivity index (χ0n) is 8.41. The maximum atomic E-state index is 3.56. The minimum Gasteiger partial charge on any atom is -0.0886 e. The van der Waals surface area contributed by atoms with Crippen molar-refractivity contribution < 1.29 is 0 Å². The fraction of sp³-hybridized carbons (Fsp3) is 0.0769. The zero-order valence-corrected chi connectivity index (χ0v) is 10.8. The first-order valence-corrected chi connectivity index (χ1v) is 6.36. The molecule has 0 fully saturated rings. The lowest BCUT2D eigenvalue weighted by atomic mass is 10.2. The van der Waals surface area contributed by atoms with E-state index in [-0.39, 0.29) is 0 Å². The number of aryl methyl sites for hydroxylation is 1. The van der Waals surface area contributed by atoms with E-state index in [4.69, 9.17) is 0 Å². The SMILES string of the molecule is Cc1ccccc1Sc1ccccc1Br. The van der Waals surface area contributed by atoms with Crippen LogP contribution in [-0.4, -0.2) is 0 Å². The summed E-state index contributed by atoms with van der Waals surface area (Å²) in [6, 6.07) is 16.7. The quantitative estimate of drug-likeness (QED) is 0.752. The van der Waals surface area contributed by atoms with Gasteiger partial charge in [-0.25, -0.2) is 0 Å². The molecule has 0 aliphatic carbocycles. The Morgan fingerprint density at radius 1 is 0.867 bits per heavy atom. The lowest BCUT2D eigenvalue weighted by Gasteiger charge is -2.06. The molecule has 0 spiro atoms. The smallest absolute Gasteiger partial charge is 0.0314 e. The summed E-state index contributed by atoms with van der Waals surface area (Å²) in [4.78, 5) is 2.57. The average Bonchev–Trinajstić information content (AvgIpc) is 2.24. The van der Waals surface area contributed by atoms with E-state index in [0.717, 1.165) is 4.47 Å². The van der Waals surface area contributed by atoms with Crippen LogP contribution < -0.4 is 0 Å². The maximum Gasteiger partial charge on any atom is 0.0314 e. The van der Waals surface area contributed by atoms with E-state index in [0.29, 0.717) is 0 Å². The molecule has 2 aromatic rings. The van der Waals surface area contributed by atoms with Gasteiger partial charge in [0.25, 0.3) is 0 Å². The van der Waals surface area contributed by atoms with E-state index in [1.54, 1.807) is 11.8 Å². The van der Waals surface area contributed by atoms with Crippen molar-refractivity contribution in [3.63, 3.8) is 0 Å². The molecule has 0 aliphatic heterocycles. The molecule has 0 saturated heterocycles. The summed E-state index contributed by atoms with van der Waals surface area (Å²) in [6.07, 6.45) is 0. The fourth-order valence-electron chi connectivity index (χ4n) is 1.32. The molecule has 0 radical (unpaired) electrons. The summed E-state index contributed by atoms with van der Waals surface area (Å²) in [5.41, 5.74) is 1.32. The van der Waals surface area contributed by atoms with Gasteiger partial charge in [-0.2, -0.15) is 0 Å². The highest BCUT2D eigenvalue weighted by atomic mass is 79.9. The van der Waals surface area contributed by atoms with Crippen LogP contribution in [0.5, 0.6) is 0 Å². The maximum absolute atomic E-state index is 3.56. The van der Waals surface area contributed by atoms with Crippen molar-refractivity contribution in [1.82, 2.24) is 0 Å². The normalized spacial score (nSPS) is 10.3. The molecule has 0 N–H and O–H groups in total. The Morgan fingerprint density at radius 2 is 1.47 bits per heavy atom. The summed E-state index contributed by atoms with van der Waals surface area (Å²) in [5.74, 6) is 0. The van der Waals surface area contributed by atoms with Crippen molar-refractivity contribution in [3.8, 4) is 0 Å². The minimum atomic E-state index is 1.15. The lowest BCUT2D eigenvalue weighted by Crippen LogP contribution is -1.79. The van der Waals surface area contributed by atoms with Crippen LogP contribution in [0.4, 0.5) is 0 Å². The first-order valence-electron chi connectivity index (χ1n) is 4.75. The zero-order chi connectivity index (χ0) is 10.7. The van der Waals surface area contributed by atoms with E-state index in [9.17, 15) is 0 Å². The van der Waals surface area contributed by atoms with Gasteiger partial charge < -0.3 is 0 Å². The van der Waals surface area contributed by atoms with Crippen LogP contribution in [0.2, 0.25) is 0 Å². The second-order valence-electron chi connectivity index (χ2n) is 3.30. The minimum absolute atomic E-state index is 1.15. The summed E-state index contributed by atoms with van der Waals surface area (Å²) >= 11 is 5.35. The van der Waals surface area contributed by atoms with E-state index < -0.39 is 0 Å². The van der Waals surface area contributed by atoms with Crippen LogP contribution in [0, 0.1) is 6.92 Å². The third kappa shape index (κ3) is 2.64. The van der Waals surface area contributed by atoms with E-state index >= 15 is 0 Å².